The van der Waals surface area contributed by atoms with E-state index in [0.29, 0.717) is 22.9 Å². The van der Waals surface area contributed by atoms with Crippen LogP contribution < -0.4 is 9.47 Å². The molecule has 0 aliphatic rings. The summed E-state index contributed by atoms with van der Waals surface area (Å²) >= 11 is 3.25. The van der Waals surface area contributed by atoms with Gasteiger partial charge in [0.05, 0.1) is 25.6 Å². The minimum absolute atomic E-state index is 0.510. The van der Waals surface area contributed by atoms with E-state index in [-0.39, 0.29) is 0 Å². The number of ether oxygens (including phenoxy) is 2. The van der Waals surface area contributed by atoms with Gasteiger partial charge in [0.15, 0.2) is 0 Å². The van der Waals surface area contributed by atoms with Crippen LogP contribution in [0.1, 0.15) is 5.82 Å². The highest BCUT2D eigenvalue weighted by Gasteiger charge is 2.02. The molecule has 0 spiro atoms. The summed E-state index contributed by atoms with van der Waals surface area (Å²) in [4.78, 5) is 8.12. The molecule has 66 valence electrons. The first kappa shape index (κ1) is 9.25. The molecule has 1 rings (SSSR count). The quantitative estimate of drug-likeness (QED) is 0.740. The van der Waals surface area contributed by atoms with Crippen molar-refractivity contribution in [3.8, 4) is 11.8 Å². The van der Waals surface area contributed by atoms with Crippen LogP contribution in [0.4, 0.5) is 0 Å². The summed E-state index contributed by atoms with van der Waals surface area (Å²) in [5.74, 6) is 1.67. The molecule has 0 aromatic carbocycles. The molecule has 0 fully saturated rings. The molecular weight excluding hydrogens is 224 g/mol. The molecular formula is C7H9BrN2O2. The highest BCUT2D eigenvalue weighted by atomic mass is 79.9. The summed E-state index contributed by atoms with van der Waals surface area (Å²) in [6, 6.07) is 1.63. The lowest BCUT2D eigenvalue weighted by Gasteiger charge is -2.03. The minimum atomic E-state index is 0.510. The number of alkyl halides is 1. The molecule has 0 saturated heterocycles. The van der Waals surface area contributed by atoms with E-state index in [4.69, 9.17) is 9.47 Å². The van der Waals surface area contributed by atoms with Crippen LogP contribution in [0.15, 0.2) is 6.07 Å². The van der Waals surface area contributed by atoms with E-state index >= 15 is 0 Å². The summed E-state index contributed by atoms with van der Waals surface area (Å²) in [6.45, 7) is 0. The van der Waals surface area contributed by atoms with E-state index in [1.54, 1.807) is 20.3 Å². The SMILES string of the molecule is COc1cc(OC)nc(CBr)n1. The van der Waals surface area contributed by atoms with Gasteiger partial charge < -0.3 is 9.47 Å². The van der Waals surface area contributed by atoms with E-state index in [0.717, 1.165) is 0 Å². The van der Waals surface area contributed by atoms with Crippen LogP contribution >= 0.6 is 15.9 Å². The zero-order chi connectivity index (χ0) is 8.97. The Balaban J connectivity index is 3.01. The molecule has 0 radical (unpaired) electrons. The Kier molecular flexibility index (Phi) is 3.28. The molecule has 4 nitrogen and oxygen atoms in total. The first-order valence-electron chi connectivity index (χ1n) is 3.32. The summed E-state index contributed by atoms with van der Waals surface area (Å²) in [5.41, 5.74) is 0. The Morgan fingerprint density at radius 3 is 2.08 bits per heavy atom. The van der Waals surface area contributed by atoms with Crippen molar-refractivity contribution < 1.29 is 9.47 Å². The molecule has 0 saturated carbocycles. The average Bonchev–Trinajstić information content (AvgIpc) is 2.16. The van der Waals surface area contributed by atoms with Gasteiger partial charge in [-0.1, -0.05) is 15.9 Å². The second-order valence-electron chi connectivity index (χ2n) is 2.00. The predicted octanol–water partition coefficient (Wildman–Crippen LogP) is 1.39. The molecule has 1 heterocycles. The fourth-order valence-corrected chi connectivity index (χ4v) is 0.969. The lowest BCUT2D eigenvalue weighted by Crippen LogP contribution is -1.98. The fourth-order valence-electron chi connectivity index (χ4n) is 0.718. The van der Waals surface area contributed by atoms with Crippen molar-refractivity contribution in [1.29, 1.82) is 0 Å². The first-order chi connectivity index (χ1) is 5.80. The zero-order valence-electron chi connectivity index (χ0n) is 6.87. The van der Waals surface area contributed by atoms with Gasteiger partial charge in [0, 0.05) is 0 Å². The van der Waals surface area contributed by atoms with Gasteiger partial charge in [-0.25, -0.2) is 0 Å². The average molecular weight is 233 g/mol. The molecule has 0 aliphatic carbocycles. The number of halogens is 1. The van der Waals surface area contributed by atoms with Gasteiger partial charge in [-0.15, -0.1) is 0 Å². The molecule has 0 atom stereocenters. The zero-order valence-corrected chi connectivity index (χ0v) is 8.46. The van der Waals surface area contributed by atoms with Crippen molar-refractivity contribution in [2.24, 2.45) is 0 Å². The fraction of sp³-hybridized carbons (Fsp3) is 0.429. The van der Waals surface area contributed by atoms with Crippen LogP contribution in [0.25, 0.3) is 0 Å². The van der Waals surface area contributed by atoms with Crippen molar-refractivity contribution in [2.75, 3.05) is 14.2 Å². The molecule has 1 aromatic rings. The third-order valence-electron chi connectivity index (χ3n) is 1.26. The molecule has 0 N–H and O–H groups in total. The van der Waals surface area contributed by atoms with Crippen LogP contribution in [-0.2, 0) is 5.33 Å². The largest absolute Gasteiger partial charge is 0.481 e. The van der Waals surface area contributed by atoms with Crippen LogP contribution in [0.5, 0.6) is 11.8 Å². The van der Waals surface area contributed by atoms with Gasteiger partial charge in [0.2, 0.25) is 11.8 Å². The number of methoxy groups -OCH3 is 2. The maximum atomic E-state index is 4.95. The maximum Gasteiger partial charge on any atom is 0.220 e. The third-order valence-corrected chi connectivity index (χ3v) is 1.76. The molecule has 0 aliphatic heterocycles. The van der Waals surface area contributed by atoms with Crippen LogP contribution in [-0.4, -0.2) is 24.2 Å². The highest BCUT2D eigenvalue weighted by Crippen LogP contribution is 2.15. The third kappa shape index (κ3) is 2.07. The Labute approximate surface area is 79.1 Å². The lowest BCUT2D eigenvalue weighted by atomic mass is 10.5. The molecule has 5 heteroatoms. The Morgan fingerprint density at radius 1 is 1.25 bits per heavy atom. The van der Waals surface area contributed by atoms with E-state index in [1.807, 2.05) is 0 Å². The van der Waals surface area contributed by atoms with Gasteiger partial charge in [-0.3, -0.25) is 0 Å². The van der Waals surface area contributed by atoms with E-state index < -0.39 is 0 Å². The molecule has 0 bridgehead atoms. The van der Waals surface area contributed by atoms with Crippen LogP contribution in [0.2, 0.25) is 0 Å². The van der Waals surface area contributed by atoms with E-state index in [9.17, 15) is 0 Å². The predicted molar refractivity (Wildman–Crippen MR) is 47.8 cm³/mol. The van der Waals surface area contributed by atoms with Gasteiger partial charge in [-0.2, -0.15) is 9.97 Å². The van der Waals surface area contributed by atoms with Crippen molar-refractivity contribution in [3.05, 3.63) is 11.9 Å². The minimum Gasteiger partial charge on any atom is -0.481 e. The smallest absolute Gasteiger partial charge is 0.220 e. The normalized spacial score (nSPS) is 9.58. The maximum absolute atomic E-state index is 4.95. The van der Waals surface area contributed by atoms with Crippen molar-refractivity contribution in [3.63, 3.8) is 0 Å². The highest BCUT2D eigenvalue weighted by molar-refractivity contribution is 9.08. The summed E-state index contributed by atoms with van der Waals surface area (Å²) in [7, 11) is 3.11. The number of rotatable bonds is 3. The Hall–Kier alpha value is -0.840. The van der Waals surface area contributed by atoms with E-state index in [2.05, 4.69) is 25.9 Å². The van der Waals surface area contributed by atoms with Crippen LogP contribution in [0, 0.1) is 0 Å². The van der Waals surface area contributed by atoms with Gasteiger partial charge >= 0.3 is 0 Å². The van der Waals surface area contributed by atoms with E-state index in [1.165, 1.54) is 0 Å². The van der Waals surface area contributed by atoms with Gasteiger partial charge in [-0.05, 0) is 0 Å². The summed E-state index contributed by atoms with van der Waals surface area (Å²) in [5, 5.41) is 0.584. The first-order valence-corrected chi connectivity index (χ1v) is 4.44. The molecule has 0 unspecified atom stereocenters. The Bertz CT molecular complexity index is 212. The molecule has 12 heavy (non-hydrogen) atoms. The van der Waals surface area contributed by atoms with Crippen LogP contribution in [0.3, 0.4) is 0 Å². The number of hydrogen-bond donors (Lipinski definition) is 0. The molecule has 0 amide bonds. The van der Waals surface area contributed by atoms with Crippen molar-refractivity contribution in [2.45, 2.75) is 5.33 Å². The molecule has 1 aromatic heterocycles. The Morgan fingerprint density at radius 2 is 1.75 bits per heavy atom. The topological polar surface area (TPSA) is 44.2 Å². The van der Waals surface area contributed by atoms with Gasteiger partial charge in [0.1, 0.15) is 5.82 Å². The summed E-state index contributed by atoms with van der Waals surface area (Å²) < 4.78 is 9.89. The number of nitrogens with zero attached hydrogens (tertiary/aromatic N) is 2. The van der Waals surface area contributed by atoms with Crippen molar-refractivity contribution >= 4 is 15.9 Å². The van der Waals surface area contributed by atoms with Crippen molar-refractivity contribution in [1.82, 2.24) is 9.97 Å². The lowest BCUT2D eigenvalue weighted by molar-refractivity contribution is 0.369. The number of aromatic nitrogens is 2. The second-order valence-corrected chi connectivity index (χ2v) is 2.56. The second kappa shape index (κ2) is 4.25. The van der Waals surface area contributed by atoms with Gasteiger partial charge in [0.25, 0.3) is 0 Å². The monoisotopic (exact) mass is 232 g/mol. The summed E-state index contributed by atoms with van der Waals surface area (Å²) in [6.07, 6.45) is 0. The number of hydrogen-bond acceptors (Lipinski definition) is 4. The standard InChI is InChI=1S/C7H9BrN2O2/c1-11-6-3-7(12-2)10-5(4-8)9-6/h3H,4H2,1-2H3.